The largest absolute Gasteiger partial charge is 2.00 e. The molecule has 68 valence electrons. The molecule has 0 unspecified atom stereocenters. The first-order valence-corrected chi connectivity index (χ1v) is 3.32. The van der Waals surface area contributed by atoms with Gasteiger partial charge in [0.1, 0.15) is 0 Å². The van der Waals surface area contributed by atoms with Gasteiger partial charge in [-0.05, 0) is 12.3 Å². The van der Waals surface area contributed by atoms with Crippen LogP contribution in [0.4, 0.5) is 0 Å². The molecular formula is C7H12O4Zr. The van der Waals surface area contributed by atoms with Crippen molar-refractivity contribution < 1.29 is 46.0 Å². The zero-order chi connectivity index (χ0) is 9.44. The summed E-state index contributed by atoms with van der Waals surface area (Å²) in [6.45, 7) is 4.69. The molecule has 0 bridgehead atoms. The Morgan fingerprint density at radius 2 is 1.42 bits per heavy atom. The third kappa shape index (κ3) is 22.6. The molecule has 0 fully saturated rings. The van der Waals surface area contributed by atoms with Crippen LogP contribution in [0.5, 0.6) is 0 Å². The molecule has 0 radical (unpaired) electrons. The molecule has 0 aromatic rings. The second-order valence-electron chi connectivity index (χ2n) is 2.20. The molecular weight excluding hydrogens is 239 g/mol. The predicted molar refractivity (Wildman–Crippen MR) is 35.1 cm³/mol. The standard InChI is InChI=1S/C4H8O2.C3H6O2.Zr/c1-3(2)4(5)6;1-2-3(4)5;/h3H,1-2H3,(H,5,6);2H2,1H3,(H,4,5);/q;;+2/p-2. The van der Waals surface area contributed by atoms with Gasteiger partial charge in [0.25, 0.3) is 0 Å². The Hall–Kier alpha value is -0.177. The second-order valence-corrected chi connectivity index (χ2v) is 2.20. The summed E-state index contributed by atoms with van der Waals surface area (Å²) < 4.78 is 0. The summed E-state index contributed by atoms with van der Waals surface area (Å²) >= 11 is 0. The maximum atomic E-state index is 9.59. The van der Waals surface area contributed by atoms with Crippen LogP contribution in [0.3, 0.4) is 0 Å². The Morgan fingerprint density at radius 3 is 1.42 bits per heavy atom. The molecule has 0 saturated heterocycles. The van der Waals surface area contributed by atoms with E-state index in [2.05, 4.69) is 0 Å². The van der Waals surface area contributed by atoms with E-state index < -0.39 is 11.9 Å². The molecule has 0 aromatic heterocycles. The fraction of sp³-hybridized carbons (Fsp3) is 0.714. The van der Waals surface area contributed by atoms with Crippen molar-refractivity contribution in [3.05, 3.63) is 0 Å². The molecule has 0 aromatic carbocycles. The van der Waals surface area contributed by atoms with Crippen molar-refractivity contribution in [1.82, 2.24) is 0 Å². The number of rotatable bonds is 2. The van der Waals surface area contributed by atoms with Crippen molar-refractivity contribution in [1.29, 1.82) is 0 Å². The van der Waals surface area contributed by atoms with Gasteiger partial charge in [-0.25, -0.2) is 0 Å². The summed E-state index contributed by atoms with van der Waals surface area (Å²) in [5.41, 5.74) is 0. The Balaban J connectivity index is -0.000000126. The SMILES string of the molecule is CC(C)C(=O)[O-].CCC(=O)[O-].[Zr+2]. The summed E-state index contributed by atoms with van der Waals surface area (Å²) in [5.74, 6) is -2.33. The normalized spacial score (nSPS) is 7.67. The molecule has 0 atom stereocenters. The Morgan fingerprint density at radius 1 is 1.25 bits per heavy atom. The zero-order valence-corrected chi connectivity index (χ0v) is 9.88. The van der Waals surface area contributed by atoms with E-state index in [4.69, 9.17) is 0 Å². The Bertz CT molecular complexity index is 133. The van der Waals surface area contributed by atoms with Crippen molar-refractivity contribution in [3.63, 3.8) is 0 Å². The van der Waals surface area contributed by atoms with Crippen LogP contribution in [0.2, 0.25) is 0 Å². The number of hydrogen-bond donors (Lipinski definition) is 0. The first-order valence-electron chi connectivity index (χ1n) is 3.32. The molecule has 0 aliphatic rings. The van der Waals surface area contributed by atoms with E-state index in [1.165, 1.54) is 6.92 Å². The quantitative estimate of drug-likeness (QED) is 0.600. The topological polar surface area (TPSA) is 80.3 Å². The average molecular weight is 251 g/mol. The van der Waals surface area contributed by atoms with E-state index in [-0.39, 0.29) is 38.5 Å². The van der Waals surface area contributed by atoms with Gasteiger partial charge in [0.15, 0.2) is 0 Å². The maximum absolute atomic E-state index is 9.59. The van der Waals surface area contributed by atoms with E-state index in [0.29, 0.717) is 0 Å². The Kier molecular flexibility index (Phi) is 16.0. The number of carboxylic acid groups (broad SMARTS) is 2. The first-order chi connectivity index (χ1) is 4.91. The van der Waals surface area contributed by atoms with Gasteiger partial charge in [-0.3, -0.25) is 0 Å². The predicted octanol–water partition coefficient (Wildman–Crippen LogP) is -1.46. The number of carbonyl (C=O) groups excluding carboxylic acids is 2. The van der Waals surface area contributed by atoms with Gasteiger partial charge in [-0.1, -0.05) is 20.8 Å². The van der Waals surface area contributed by atoms with Crippen LogP contribution in [0.15, 0.2) is 0 Å². The third-order valence-corrected chi connectivity index (χ3v) is 0.760. The first kappa shape index (κ1) is 17.8. The van der Waals surface area contributed by atoms with E-state index in [9.17, 15) is 19.8 Å². The van der Waals surface area contributed by atoms with Crippen LogP contribution in [-0.4, -0.2) is 11.9 Å². The molecule has 0 spiro atoms. The van der Waals surface area contributed by atoms with Crippen LogP contribution in [-0.2, 0) is 35.8 Å². The van der Waals surface area contributed by atoms with E-state index in [1.807, 2.05) is 0 Å². The summed E-state index contributed by atoms with van der Waals surface area (Å²) in [6.07, 6.45) is 0.111. The smallest absolute Gasteiger partial charge is 0.550 e. The summed E-state index contributed by atoms with van der Waals surface area (Å²) in [4.78, 5) is 18.8. The van der Waals surface area contributed by atoms with Gasteiger partial charge in [-0.15, -0.1) is 0 Å². The van der Waals surface area contributed by atoms with Gasteiger partial charge in [-0.2, -0.15) is 0 Å². The number of aliphatic carboxylic acids is 2. The molecule has 0 aliphatic carbocycles. The zero-order valence-electron chi connectivity index (χ0n) is 7.42. The van der Waals surface area contributed by atoms with Gasteiger partial charge in [0.05, 0.1) is 0 Å². The monoisotopic (exact) mass is 250 g/mol. The molecule has 0 heterocycles. The molecule has 0 amide bonds. The second kappa shape index (κ2) is 10.8. The minimum Gasteiger partial charge on any atom is -0.550 e. The van der Waals surface area contributed by atoms with Gasteiger partial charge in [0, 0.05) is 11.9 Å². The fourth-order valence-corrected chi connectivity index (χ4v) is 0. The van der Waals surface area contributed by atoms with Gasteiger partial charge in [0.2, 0.25) is 0 Å². The minimum atomic E-state index is -0.995. The van der Waals surface area contributed by atoms with Crippen LogP contribution < -0.4 is 10.2 Å². The molecule has 4 nitrogen and oxygen atoms in total. The summed E-state index contributed by atoms with van der Waals surface area (Å²) in [5, 5.41) is 18.8. The van der Waals surface area contributed by atoms with Crippen molar-refractivity contribution in [3.8, 4) is 0 Å². The average Bonchev–Trinajstić information content (AvgIpc) is 1.89. The molecule has 0 aliphatic heterocycles. The molecule has 5 heteroatoms. The van der Waals surface area contributed by atoms with Crippen molar-refractivity contribution in [2.75, 3.05) is 0 Å². The maximum Gasteiger partial charge on any atom is 2.00 e. The van der Waals surface area contributed by atoms with Crippen molar-refractivity contribution in [2.24, 2.45) is 5.92 Å². The minimum absolute atomic E-state index is 0. The van der Waals surface area contributed by atoms with Crippen LogP contribution in [0, 0.1) is 5.92 Å². The molecule has 0 saturated carbocycles. The van der Waals surface area contributed by atoms with Crippen molar-refractivity contribution in [2.45, 2.75) is 27.2 Å². The van der Waals surface area contributed by atoms with Crippen LogP contribution >= 0.6 is 0 Å². The number of carbonyl (C=O) groups is 2. The van der Waals surface area contributed by atoms with Gasteiger partial charge >= 0.3 is 26.2 Å². The van der Waals surface area contributed by atoms with E-state index in [1.54, 1.807) is 13.8 Å². The van der Waals surface area contributed by atoms with E-state index >= 15 is 0 Å². The molecule has 0 rings (SSSR count). The Labute approximate surface area is 91.1 Å². The number of carboxylic acids is 2. The van der Waals surface area contributed by atoms with E-state index in [0.717, 1.165) is 0 Å². The van der Waals surface area contributed by atoms with Crippen molar-refractivity contribution >= 4 is 11.9 Å². The number of hydrogen-bond acceptors (Lipinski definition) is 4. The van der Waals surface area contributed by atoms with Crippen LogP contribution in [0.1, 0.15) is 27.2 Å². The summed E-state index contributed by atoms with van der Waals surface area (Å²) in [6, 6.07) is 0. The van der Waals surface area contributed by atoms with Crippen LogP contribution in [0.25, 0.3) is 0 Å². The molecule has 12 heavy (non-hydrogen) atoms. The third-order valence-electron chi connectivity index (χ3n) is 0.760. The molecule has 0 N–H and O–H groups in total. The fourth-order valence-electron chi connectivity index (χ4n) is 0. The summed E-state index contributed by atoms with van der Waals surface area (Å²) in [7, 11) is 0. The van der Waals surface area contributed by atoms with Gasteiger partial charge < -0.3 is 19.8 Å².